The molecule has 10 heteroatoms. The molecule has 160 valence electrons. The van der Waals surface area contributed by atoms with Crippen molar-refractivity contribution in [1.29, 1.82) is 0 Å². The molecular weight excluding hydrogens is 432 g/mol. The van der Waals surface area contributed by atoms with Crippen molar-refractivity contribution < 1.29 is 4.79 Å². The number of hydrogen-bond acceptors (Lipinski definition) is 4. The Kier molecular flexibility index (Phi) is 4.49. The monoisotopic (exact) mass is 448 g/mol. The number of aryl methyl sites for hydroxylation is 1. The summed E-state index contributed by atoms with van der Waals surface area (Å²) in [7, 11) is 1.50. The van der Waals surface area contributed by atoms with Crippen LogP contribution < -0.4 is 17.0 Å². The maximum atomic E-state index is 13.2. The van der Waals surface area contributed by atoms with Gasteiger partial charge < -0.3 is 5.73 Å². The highest BCUT2D eigenvalue weighted by Gasteiger charge is 2.22. The molecule has 5 rings (SSSR count). The molecule has 0 saturated carbocycles. The van der Waals surface area contributed by atoms with E-state index >= 15 is 0 Å². The lowest BCUT2D eigenvalue weighted by Gasteiger charge is -2.09. The Morgan fingerprint density at radius 3 is 2.41 bits per heavy atom. The number of fused-ring (bicyclic) bond motifs is 3. The fourth-order valence-electron chi connectivity index (χ4n) is 3.85. The number of nitrogens with two attached hydrogens (primary N) is 1. The molecule has 0 unspecified atom stereocenters. The van der Waals surface area contributed by atoms with Gasteiger partial charge in [0.25, 0.3) is 5.56 Å². The molecule has 0 aliphatic heterocycles. The Labute approximate surface area is 185 Å². The number of rotatable bonds is 4. The summed E-state index contributed by atoms with van der Waals surface area (Å²) in [5, 5.41) is 0.587. The second-order valence-electron chi connectivity index (χ2n) is 7.35. The van der Waals surface area contributed by atoms with E-state index in [0.717, 1.165) is 21.5 Å². The SMILES string of the molecule is Cn1c(=O)n(CC(N)=O)c(=O)c2c1nc1n(-c3ccc(Cl)cc3)c(-c3ccccc3)cn21. The first-order chi connectivity index (χ1) is 15.4. The van der Waals surface area contributed by atoms with E-state index in [1.807, 2.05) is 47.0 Å². The predicted octanol–water partition coefficient (Wildman–Crippen LogP) is 1.94. The van der Waals surface area contributed by atoms with E-state index in [9.17, 15) is 14.4 Å². The van der Waals surface area contributed by atoms with Crippen LogP contribution in [-0.2, 0) is 18.4 Å². The van der Waals surface area contributed by atoms with Crippen LogP contribution in [0.3, 0.4) is 0 Å². The number of carbonyl (C=O) groups is 1. The second-order valence-corrected chi connectivity index (χ2v) is 7.78. The molecule has 0 fully saturated rings. The molecule has 2 aromatic carbocycles. The Morgan fingerprint density at radius 2 is 1.75 bits per heavy atom. The van der Waals surface area contributed by atoms with Crippen molar-refractivity contribution in [3.63, 3.8) is 0 Å². The minimum absolute atomic E-state index is 0.174. The van der Waals surface area contributed by atoms with Crippen molar-refractivity contribution in [3.05, 3.63) is 86.7 Å². The number of aromatic nitrogens is 5. The Bertz CT molecular complexity index is 1620. The number of carbonyl (C=O) groups excluding carboxylic acids is 1. The number of hydrogen-bond donors (Lipinski definition) is 1. The van der Waals surface area contributed by atoms with Crippen LogP contribution in [0.25, 0.3) is 33.9 Å². The Morgan fingerprint density at radius 1 is 1.06 bits per heavy atom. The average molecular weight is 449 g/mol. The van der Waals surface area contributed by atoms with E-state index < -0.39 is 23.7 Å². The molecule has 0 saturated heterocycles. The fraction of sp³-hybridized carbons (Fsp3) is 0.0909. The topological polar surface area (TPSA) is 109 Å². The van der Waals surface area contributed by atoms with Gasteiger partial charge in [0.2, 0.25) is 11.7 Å². The molecular formula is C22H17ClN6O3. The normalized spacial score (nSPS) is 11.4. The summed E-state index contributed by atoms with van der Waals surface area (Å²) >= 11 is 6.08. The average Bonchev–Trinajstić information content (AvgIpc) is 3.33. The van der Waals surface area contributed by atoms with Crippen LogP contribution >= 0.6 is 11.6 Å². The number of nitrogens with zero attached hydrogens (tertiary/aromatic N) is 5. The largest absolute Gasteiger partial charge is 0.368 e. The number of primary amides is 1. The van der Waals surface area contributed by atoms with Crippen LogP contribution in [0.1, 0.15) is 0 Å². The highest BCUT2D eigenvalue weighted by molar-refractivity contribution is 6.30. The van der Waals surface area contributed by atoms with Crippen molar-refractivity contribution in [3.8, 4) is 16.9 Å². The summed E-state index contributed by atoms with van der Waals surface area (Å²) in [6.07, 6.45) is 1.79. The smallest absolute Gasteiger partial charge is 0.332 e. The number of halogens is 1. The summed E-state index contributed by atoms with van der Waals surface area (Å²) in [5.74, 6) is -0.349. The van der Waals surface area contributed by atoms with Crippen molar-refractivity contribution in [2.45, 2.75) is 6.54 Å². The second kappa shape index (κ2) is 7.24. The van der Waals surface area contributed by atoms with E-state index in [1.54, 1.807) is 22.7 Å². The van der Waals surface area contributed by atoms with Gasteiger partial charge in [-0.3, -0.25) is 23.1 Å². The molecule has 3 heterocycles. The van der Waals surface area contributed by atoms with E-state index in [-0.39, 0.29) is 11.2 Å². The zero-order valence-corrected chi connectivity index (χ0v) is 17.7. The maximum absolute atomic E-state index is 13.2. The zero-order valence-electron chi connectivity index (χ0n) is 16.9. The van der Waals surface area contributed by atoms with Gasteiger partial charge >= 0.3 is 5.69 Å². The summed E-state index contributed by atoms with van der Waals surface area (Å²) in [6.45, 7) is -0.516. The van der Waals surface area contributed by atoms with E-state index in [2.05, 4.69) is 4.98 Å². The third kappa shape index (κ3) is 2.94. The standard InChI is InChI=1S/C22H17ClN6O3/c1-26-19-18(20(31)28(22(26)32)12-17(24)30)27-11-16(13-5-3-2-4-6-13)29(21(27)25-19)15-9-7-14(23)8-10-15/h2-11H,12H2,1H3,(H2,24,30). The first kappa shape index (κ1) is 19.8. The van der Waals surface area contributed by atoms with E-state index in [0.29, 0.717) is 10.8 Å². The van der Waals surface area contributed by atoms with Gasteiger partial charge in [0.05, 0.1) is 5.69 Å². The van der Waals surface area contributed by atoms with Gasteiger partial charge in [0, 0.05) is 29.5 Å². The van der Waals surface area contributed by atoms with E-state index in [4.69, 9.17) is 17.3 Å². The fourth-order valence-corrected chi connectivity index (χ4v) is 3.97. The van der Waals surface area contributed by atoms with Crippen LogP contribution in [0.4, 0.5) is 0 Å². The highest BCUT2D eigenvalue weighted by Crippen LogP contribution is 2.29. The van der Waals surface area contributed by atoms with Crippen molar-refractivity contribution >= 4 is 34.4 Å². The molecule has 9 nitrogen and oxygen atoms in total. The molecule has 0 spiro atoms. The maximum Gasteiger partial charge on any atom is 0.332 e. The minimum Gasteiger partial charge on any atom is -0.368 e. The third-order valence-electron chi connectivity index (χ3n) is 5.32. The van der Waals surface area contributed by atoms with Crippen molar-refractivity contribution in [2.24, 2.45) is 12.8 Å². The van der Waals surface area contributed by atoms with Crippen molar-refractivity contribution in [2.75, 3.05) is 0 Å². The van der Waals surface area contributed by atoms with Gasteiger partial charge in [-0.2, -0.15) is 4.98 Å². The lowest BCUT2D eigenvalue weighted by atomic mass is 10.1. The molecule has 2 N–H and O–H groups in total. The Balaban J connectivity index is 1.93. The summed E-state index contributed by atoms with van der Waals surface area (Å²) in [5.41, 5.74) is 6.80. The number of benzene rings is 2. The summed E-state index contributed by atoms with van der Waals surface area (Å²) < 4.78 is 5.57. The number of amides is 1. The van der Waals surface area contributed by atoms with Crippen LogP contribution in [0.5, 0.6) is 0 Å². The predicted molar refractivity (Wildman–Crippen MR) is 121 cm³/mol. The lowest BCUT2D eigenvalue weighted by molar-refractivity contribution is -0.118. The molecule has 0 bridgehead atoms. The summed E-state index contributed by atoms with van der Waals surface area (Å²) in [4.78, 5) is 42.0. The van der Waals surface area contributed by atoms with Gasteiger partial charge in [-0.1, -0.05) is 41.9 Å². The summed E-state index contributed by atoms with van der Waals surface area (Å²) in [6, 6.07) is 16.9. The minimum atomic E-state index is -0.784. The van der Waals surface area contributed by atoms with Crippen LogP contribution in [0.2, 0.25) is 5.02 Å². The highest BCUT2D eigenvalue weighted by atomic mass is 35.5. The Hall–Kier alpha value is -4.11. The quantitative estimate of drug-likeness (QED) is 0.453. The molecule has 0 aliphatic carbocycles. The first-order valence-electron chi connectivity index (χ1n) is 9.70. The van der Waals surface area contributed by atoms with Crippen LogP contribution in [0, 0.1) is 0 Å². The van der Waals surface area contributed by atoms with Gasteiger partial charge in [0.1, 0.15) is 6.54 Å². The van der Waals surface area contributed by atoms with E-state index in [1.165, 1.54) is 11.6 Å². The molecule has 0 radical (unpaired) electrons. The van der Waals surface area contributed by atoms with Gasteiger partial charge in [-0.25, -0.2) is 9.36 Å². The number of imidazole rings is 2. The molecule has 1 amide bonds. The molecule has 5 aromatic rings. The third-order valence-corrected chi connectivity index (χ3v) is 5.57. The molecule has 3 aromatic heterocycles. The first-order valence-corrected chi connectivity index (χ1v) is 10.1. The van der Waals surface area contributed by atoms with Crippen molar-refractivity contribution in [1.82, 2.24) is 23.1 Å². The van der Waals surface area contributed by atoms with Crippen LogP contribution in [0.15, 0.2) is 70.4 Å². The molecule has 0 aliphatic rings. The van der Waals surface area contributed by atoms with Crippen LogP contribution in [-0.4, -0.2) is 29.0 Å². The zero-order chi connectivity index (χ0) is 22.6. The van der Waals surface area contributed by atoms with Gasteiger partial charge in [0.15, 0.2) is 11.2 Å². The molecule has 0 atom stereocenters. The molecule has 32 heavy (non-hydrogen) atoms. The lowest BCUT2D eigenvalue weighted by Crippen LogP contribution is -2.42. The van der Waals surface area contributed by atoms with Gasteiger partial charge in [-0.15, -0.1) is 0 Å². The van der Waals surface area contributed by atoms with Gasteiger partial charge in [-0.05, 0) is 24.3 Å².